The van der Waals surface area contributed by atoms with E-state index < -0.39 is 23.5 Å². The molecule has 0 radical (unpaired) electrons. The number of ether oxygens (including phenoxy) is 4. The predicted octanol–water partition coefficient (Wildman–Crippen LogP) is 7.90. The van der Waals surface area contributed by atoms with Crippen molar-refractivity contribution in [2.24, 2.45) is 11.8 Å². The van der Waals surface area contributed by atoms with Gasteiger partial charge in [-0.3, -0.25) is 9.59 Å². The van der Waals surface area contributed by atoms with E-state index in [1.54, 1.807) is 23.5 Å². The summed E-state index contributed by atoms with van der Waals surface area (Å²) in [4.78, 5) is 25.1. The van der Waals surface area contributed by atoms with Crippen LogP contribution in [0.5, 0.6) is 23.0 Å². The van der Waals surface area contributed by atoms with Gasteiger partial charge >= 0.3 is 5.97 Å². The van der Waals surface area contributed by atoms with Crippen molar-refractivity contribution in [3.05, 3.63) is 45.7 Å². The molecular weight excluding hydrogens is 586 g/mol. The van der Waals surface area contributed by atoms with Crippen LogP contribution >= 0.6 is 22.7 Å². The number of rotatable bonds is 14. The van der Waals surface area contributed by atoms with Crippen LogP contribution in [-0.2, 0) is 11.2 Å². The van der Waals surface area contributed by atoms with Crippen LogP contribution in [0.15, 0.2) is 24.3 Å². The van der Waals surface area contributed by atoms with Gasteiger partial charge in [-0.15, -0.1) is 22.7 Å². The molecule has 0 spiro atoms. The third kappa shape index (κ3) is 6.17. The molecule has 7 nitrogen and oxygen atoms in total. The summed E-state index contributed by atoms with van der Waals surface area (Å²) in [6.45, 7) is 1.61. The molecule has 1 atom stereocenters. The molecule has 0 saturated heterocycles. The average Bonchev–Trinajstić information content (AvgIpc) is 3.56. The molecule has 0 unspecified atom stereocenters. The molecule has 1 aliphatic rings. The Labute approximate surface area is 250 Å². The van der Waals surface area contributed by atoms with Gasteiger partial charge < -0.3 is 24.1 Å². The number of Topliss-reactive ketones (excluding diaryl/α,β-unsaturated/α-hetero) is 1. The van der Waals surface area contributed by atoms with Crippen molar-refractivity contribution < 1.29 is 42.4 Å². The monoisotopic (exact) mass is 618 g/mol. The number of carbonyl (C=O) groups excluding carboxylic acids is 1. The minimum atomic E-state index is -1.07. The molecule has 0 aliphatic heterocycles. The SMILES string of the molecule is COc1cc2sc(CC3CCC3)cc2c(F)c1OCCCOc1c(OC)cc2sc(C(=O)C[C@H](C)C(=O)O)cc2c1F. The number of carbonyl (C=O) groups is 2. The number of carboxylic acids is 1. The zero-order valence-electron chi connectivity index (χ0n) is 23.6. The number of benzene rings is 2. The molecule has 1 N–H and O–H groups in total. The molecule has 224 valence electrons. The Bertz CT molecular complexity index is 1620. The number of carboxylic acid groups (broad SMARTS) is 1. The molecule has 0 bridgehead atoms. The van der Waals surface area contributed by atoms with Gasteiger partial charge in [-0.05, 0) is 24.5 Å². The smallest absolute Gasteiger partial charge is 0.306 e. The number of thiophene rings is 2. The van der Waals surface area contributed by atoms with Crippen LogP contribution in [0.4, 0.5) is 8.78 Å². The van der Waals surface area contributed by atoms with Gasteiger partial charge in [0.25, 0.3) is 0 Å². The molecule has 0 amide bonds. The van der Waals surface area contributed by atoms with E-state index in [4.69, 9.17) is 24.1 Å². The summed E-state index contributed by atoms with van der Waals surface area (Å²) < 4.78 is 54.5. The van der Waals surface area contributed by atoms with Crippen LogP contribution in [0.1, 0.15) is 53.6 Å². The first-order valence-electron chi connectivity index (χ1n) is 13.8. The summed E-state index contributed by atoms with van der Waals surface area (Å²) in [6, 6.07) is 6.71. The third-order valence-corrected chi connectivity index (χ3v) is 9.77. The quantitative estimate of drug-likeness (QED) is 0.113. The van der Waals surface area contributed by atoms with Crippen molar-refractivity contribution in [2.75, 3.05) is 27.4 Å². The number of hydrogen-bond donors (Lipinski definition) is 1. The maximum absolute atomic E-state index is 15.5. The lowest BCUT2D eigenvalue weighted by molar-refractivity contribution is -0.141. The van der Waals surface area contributed by atoms with Crippen LogP contribution in [0.3, 0.4) is 0 Å². The van der Waals surface area contributed by atoms with Crippen LogP contribution < -0.4 is 18.9 Å². The van der Waals surface area contributed by atoms with E-state index in [1.807, 2.05) is 6.07 Å². The van der Waals surface area contributed by atoms with Crippen molar-refractivity contribution in [3.8, 4) is 23.0 Å². The fourth-order valence-electron chi connectivity index (χ4n) is 4.92. The largest absolute Gasteiger partial charge is 0.493 e. The van der Waals surface area contributed by atoms with Gasteiger partial charge in [0.2, 0.25) is 0 Å². The summed E-state index contributed by atoms with van der Waals surface area (Å²) in [6.07, 6.45) is 4.81. The molecule has 11 heteroatoms. The molecular formula is C31H32F2O7S2. The Morgan fingerprint density at radius 2 is 1.50 bits per heavy atom. The van der Waals surface area contributed by atoms with Crippen molar-refractivity contribution in [2.45, 2.75) is 45.4 Å². The minimum Gasteiger partial charge on any atom is -0.493 e. The van der Waals surface area contributed by atoms with Gasteiger partial charge in [0.1, 0.15) is 0 Å². The Kier molecular flexibility index (Phi) is 9.17. The normalized spacial score (nSPS) is 14.1. The van der Waals surface area contributed by atoms with Crippen molar-refractivity contribution >= 4 is 54.6 Å². The van der Waals surface area contributed by atoms with E-state index in [1.165, 1.54) is 46.5 Å². The molecule has 5 rings (SSSR count). The first-order valence-corrected chi connectivity index (χ1v) is 15.4. The highest BCUT2D eigenvalue weighted by Crippen LogP contribution is 2.42. The van der Waals surface area contributed by atoms with Crippen LogP contribution in [-0.4, -0.2) is 44.3 Å². The van der Waals surface area contributed by atoms with Gasteiger partial charge in [-0.2, -0.15) is 0 Å². The number of fused-ring (bicyclic) bond motifs is 2. The van der Waals surface area contributed by atoms with Crippen molar-refractivity contribution in [1.29, 1.82) is 0 Å². The summed E-state index contributed by atoms with van der Waals surface area (Å²) in [5, 5.41) is 9.80. The number of ketones is 1. The Balaban J connectivity index is 1.24. The zero-order valence-corrected chi connectivity index (χ0v) is 25.2. The topological polar surface area (TPSA) is 91.3 Å². The molecule has 4 aromatic rings. The van der Waals surface area contributed by atoms with E-state index >= 15 is 8.78 Å². The first kappa shape index (κ1) is 30.0. The average molecular weight is 619 g/mol. The molecule has 1 aliphatic carbocycles. The molecule has 1 fully saturated rings. The highest BCUT2D eigenvalue weighted by Gasteiger charge is 2.24. The summed E-state index contributed by atoms with van der Waals surface area (Å²) >= 11 is 2.65. The minimum absolute atomic E-state index is 0.0378. The van der Waals surface area contributed by atoms with Gasteiger partial charge in [-0.25, -0.2) is 8.78 Å². The van der Waals surface area contributed by atoms with Crippen LogP contribution in [0.25, 0.3) is 20.2 Å². The molecule has 2 aromatic carbocycles. The van der Waals surface area contributed by atoms with Gasteiger partial charge in [0.05, 0.1) is 38.2 Å². The van der Waals surface area contributed by atoms with Crippen LogP contribution in [0.2, 0.25) is 0 Å². The summed E-state index contributed by atoms with van der Waals surface area (Å²) in [5.74, 6) is -2.34. The standard InChI is InChI=1S/C31H32F2O7S2/c1-16(31(35)36)10-21(34)26-13-20-25(42-26)15-23(38-3)30(28(20)33)40-9-5-8-39-29-22(37-2)14-24-19(27(29)32)12-18(41-24)11-17-6-4-7-17/h12-17H,4-11H2,1-3H3,(H,35,36)/t16-/m0/s1. The lowest BCUT2D eigenvalue weighted by Gasteiger charge is -2.24. The zero-order chi connectivity index (χ0) is 30.0. The fraction of sp³-hybridized carbons (Fsp3) is 0.419. The summed E-state index contributed by atoms with van der Waals surface area (Å²) in [5.41, 5.74) is 0. The lowest BCUT2D eigenvalue weighted by Crippen LogP contribution is -2.13. The van der Waals surface area contributed by atoms with Crippen molar-refractivity contribution in [1.82, 2.24) is 0 Å². The Morgan fingerprint density at radius 3 is 2.02 bits per heavy atom. The third-order valence-electron chi connectivity index (χ3n) is 7.54. The van der Waals surface area contributed by atoms with E-state index in [0.29, 0.717) is 28.2 Å². The van der Waals surface area contributed by atoms with Gasteiger partial charge in [-0.1, -0.05) is 26.2 Å². The maximum Gasteiger partial charge on any atom is 0.306 e. The van der Waals surface area contributed by atoms with E-state index in [9.17, 15) is 9.59 Å². The number of halogens is 2. The first-order chi connectivity index (χ1) is 20.2. The second-order valence-corrected chi connectivity index (χ2v) is 12.8. The van der Waals surface area contributed by atoms with E-state index in [2.05, 4.69) is 0 Å². The molecule has 42 heavy (non-hydrogen) atoms. The van der Waals surface area contributed by atoms with E-state index in [0.717, 1.165) is 27.3 Å². The Hall–Kier alpha value is -3.44. The molecule has 1 saturated carbocycles. The predicted molar refractivity (Wildman–Crippen MR) is 159 cm³/mol. The van der Waals surface area contributed by atoms with Crippen molar-refractivity contribution in [3.63, 3.8) is 0 Å². The summed E-state index contributed by atoms with van der Waals surface area (Å²) in [7, 11) is 2.86. The lowest BCUT2D eigenvalue weighted by atomic mass is 9.82. The highest BCUT2D eigenvalue weighted by molar-refractivity contribution is 7.21. The Morgan fingerprint density at radius 1 is 0.929 bits per heavy atom. The van der Waals surface area contributed by atoms with Crippen LogP contribution in [0, 0.1) is 23.5 Å². The fourth-order valence-corrected chi connectivity index (χ4v) is 7.15. The maximum atomic E-state index is 15.5. The second-order valence-electron chi connectivity index (χ2n) is 10.5. The number of hydrogen-bond acceptors (Lipinski definition) is 8. The second kappa shape index (κ2) is 12.8. The van der Waals surface area contributed by atoms with Gasteiger partial charge in [0.15, 0.2) is 40.4 Å². The number of methoxy groups -OCH3 is 2. The highest BCUT2D eigenvalue weighted by atomic mass is 32.1. The van der Waals surface area contributed by atoms with E-state index in [-0.39, 0.29) is 52.9 Å². The number of aliphatic carboxylic acids is 1. The molecule has 2 aromatic heterocycles. The molecule has 2 heterocycles. The van der Waals surface area contributed by atoms with Gasteiger partial charge in [0, 0.05) is 50.0 Å².